The maximum atomic E-state index is 13.0. The Balaban J connectivity index is 2.31. The van der Waals surface area contributed by atoms with Crippen LogP contribution in [0.2, 0.25) is 10.2 Å². The van der Waals surface area contributed by atoms with Crippen molar-refractivity contribution in [3.63, 3.8) is 0 Å². The van der Waals surface area contributed by atoms with E-state index in [9.17, 15) is 9.18 Å². The molecule has 0 bridgehead atoms. The number of amides is 1. The molecular weight excluding hydrogens is 348 g/mol. The molecular formula is C11H5BrCl2FNO2. The van der Waals surface area contributed by atoms with Gasteiger partial charge in [0.05, 0.1) is 22.5 Å². The molecule has 0 fully saturated rings. The van der Waals surface area contributed by atoms with Crippen molar-refractivity contribution in [1.29, 1.82) is 0 Å². The molecule has 18 heavy (non-hydrogen) atoms. The van der Waals surface area contributed by atoms with Crippen molar-refractivity contribution in [3.8, 4) is 0 Å². The number of carbonyl (C=O) groups excluding carboxylic acids is 1. The molecule has 1 amide bonds. The number of rotatable bonds is 2. The Kier molecular flexibility index (Phi) is 3.94. The highest BCUT2D eigenvalue weighted by Crippen LogP contribution is 2.32. The third-order valence-corrected chi connectivity index (χ3v) is 3.32. The molecule has 2 aromatic rings. The van der Waals surface area contributed by atoms with Gasteiger partial charge in [0.25, 0.3) is 5.91 Å². The predicted octanol–water partition coefficient (Wildman–Crippen LogP) is 4.74. The molecule has 0 aliphatic carbocycles. The van der Waals surface area contributed by atoms with E-state index in [1.807, 2.05) is 0 Å². The lowest BCUT2D eigenvalue weighted by molar-refractivity contribution is 0.102. The minimum absolute atomic E-state index is 0.0261. The van der Waals surface area contributed by atoms with Gasteiger partial charge in [-0.25, -0.2) is 4.39 Å². The van der Waals surface area contributed by atoms with Crippen LogP contribution >= 0.6 is 39.1 Å². The van der Waals surface area contributed by atoms with Crippen LogP contribution in [-0.2, 0) is 0 Å². The number of carbonyl (C=O) groups is 1. The van der Waals surface area contributed by atoms with Gasteiger partial charge in [-0.1, -0.05) is 11.6 Å². The molecule has 0 saturated heterocycles. The summed E-state index contributed by atoms with van der Waals surface area (Å²) >= 11 is 14.6. The van der Waals surface area contributed by atoms with E-state index < -0.39 is 11.7 Å². The molecule has 1 N–H and O–H groups in total. The fourth-order valence-electron chi connectivity index (χ4n) is 1.30. The highest BCUT2D eigenvalue weighted by atomic mass is 79.9. The molecule has 2 rings (SSSR count). The van der Waals surface area contributed by atoms with E-state index in [1.54, 1.807) is 0 Å². The monoisotopic (exact) mass is 351 g/mol. The van der Waals surface area contributed by atoms with Crippen molar-refractivity contribution in [2.75, 3.05) is 5.32 Å². The number of hydrogen-bond acceptors (Lipinski definition) is 2. The zero-order valence-electron chi connectivity index (χ0n) is 8.64. The van der Waals surface area contributed by atoms with E-state index >= 15 is 0 Å². The third kappa shape index (κ3) is 2.68. The minimum Gasteiger partial charge on any atom is -0.452 e. The normalized spacial score (nSPS) is 10.4. The van der Waals surface area contributed by atoms with E-state index in [0.717, 1.165) is 6.07 Å². The van der Waals surface area contributed by atoms with Crippen molar-refractivity contribution in [1.82, 2.24) is 0 Å². The van der Waals surface area contributed by atoms with Gasteiger partial charge in [0.2, 0.25) is 5.22 Å². The number of furan rings is 1. The SMILES string of the molecule is O=C(Nc1c(Cl)cc(F)cc1Br)c1ccoc1Cl. The minimum atomic E-state index is -0.508. The van der Waals surface area contributed by atoms with Gasteiger partial charge in [0, 0.05) is 4.47 Å². The molecule has 0 aliphatic rings. The van der Waals surface area contributed by atoms with Crippen LogP contribution in [0, 0.1) is 5.82 Å². The Hall–Kier alpha value is -1.04. The van der Waals surface area contributed by atoms with Gasteiger partial charge >= 0.3 is 0 Å². The average Bonchev–Trinajstić information content (AvgIpc) is 2.69. The lowest BCUT2D eigenvalue weighted by Crippen LogP contribution is -2.12. The van der Waals surface area contributed by atoms with Crippen molar-refractivity contribution in [2.24, 2.45) is 0 Å². The molecule has 94 valence electrons. The van der Waals surface area contributed by atoms with Crippen molar-refractivity contribution >= 4 is 50.7 Å². The Morgan fingerprint density at radius 1 is 1.39 bits per heavy atom. The fourth-order valence-corrected chi connectivity index (χ4v) is 2.40. The molecule has 1 heterocycles. The van der Waals surface area contributed by atoms with E-state index in [4.69, 9.17) is 27.6 Å². The number of halogens is 4. The summed E-state index contributed by atoms with van der Waals surface area (Å²) in [6, 6.07) is 3.71. The van der Waals surface area contributed by atoms with Gasteiger partial charge in [-0.15, -0.1) is 0 Å². The van der Waals surface area contributed by atoms with Crippen LogP contribution < -0.4 is 5.32 Å². The quantitative estimate of drug-likeness (QED) is 0.848. The summed E-state index contributed by atoms with van der Waals surface area (Å²) in [7, 11) is 0. The van der Waals surface area contributed by atoms with Gasteiger partial charge < -0.3 is 9.73 Å². The maximum absolute atomic E-state index is 13.0. The second-order valence-corrected chi connectivity index (χ2v) is 4.91. The van der Waals surface area contributed by atoms with Gasteiger partial charge in [-0.2, -0.15) is 0 Å². The topological polar surface area (TPSA) is 42.2 Å². The molecule has 1 aromatic heterocycles. The zero-order valence-corrected chi connectivity index (χ0v) is 11.7. The molecule has 0 spiro atoms. The van der Waals surface area contributed by atoms with E-state index in [2.05, 4.69) is 21.2 Å². The molecule has 0 unspecified atom stereocenters. The first-order valence-electron chi connectivity index (χ1n) is 4.68. The first kappa shape index (κ1) is 13.4. The highest BCUT2D eigenvalue weighted by Gasteiger charge is 2.16. The molecule has 0 aliphatic heterocycles. The summed E-state index contributed by atoms with van der Waals surface area (Å²) in [5, 5.41) is 2.57. The third-order valence-electron chi connectivity index (χ3n) is 2.11. The van der Waals surface area contributed by atoms with Crippen molar-refractivity contribution < 1.29 is 13.6 Å². The van der Waals surface area contributed by atoms with Crippen LogP contribution in [-0.4, -0.2) is 5.91 Å². The standard InChI is InChI=1S/C11H5BrCl2FNO2/c12-7-3-5(15)4-8(13)9(7)16-11(17)6-1-2-18-10(6)14/h1-4H,(H,16,17). The molecule has 0 radical (unpaired) electrons. The first-order valence-corrected chi connectivity index (χ1v) is 6.23. The number of nitrogens with one attached hydrogen (secondary N) is 1. The maximum Gasteiger partial charge on any atom is 0.260 e. The molecule has 7 heteroatoms. The summed E-state index contributed by atoms with van der Waals surface area (Å²) in [5.74, 6) is -1.01. The van der Waals surface area contributed by atoms with Gasteiger partial charge in [0.15, 0.2) is 0 Å². The number of hydrogen-bond donors (Lipinski definition) is 1. The Labute approximate surface area is 120 Å². The Bertz CT molecular complexity index is 592. The molecule has 0 atom stereocenters. The predicted molar refractivity (Wildman–Crippen MR) is 70.8 cm³/mol. The highest BCUT2D eigenvalue weighted by molar-refractivity contribution is 9.10. The van der Waals surface area contributed by atoms with Crippen LogP contribution in [0.1, 0.15) is 10.4 Å². The average molecular weight is 353 g/mol. The lowest BCUT2D eigenvalue weighted by Gasteiger charge is -2.08. The van der Waals surface area contributed by atoms with Crippen LogP contribution in [0.3, 0.4) is 0 Å². The summed E-state index contributed by atoms with van der Waals surface area (Å²) in [6.07, 6.45) is 1.29. The summed E-state index contributed by atoms with van der Waals surface area (Å²) in [5.41, 5.74) is 0.435. The van der Waals surface area contributed by atoms with Crippen LogP contribution in [0.15, 0.2) is 33.4 Å². The second kappa shape index (κ2) is 5.30. The number of benzene rings is 1. The molecule has 0 saturated carbocycles. The smallest absolute Gasteiger partial charge is 0.260 e. The van der Waals surface area contributed by atoms with Gasteiger partial charge in [-0.3, -0.25) is 4.79 Å². The summed E-state index contributed by atoms with van der Waals surface area (Å²) in [6.45, 7) is 0. The summed E-state index contributed by atoms with van der Waals surface area (Å²) < 4.78 is 18.2. The van der Waals surface area contributed by atoms with Crippen molar-refractivity contribution in [2.45, 2.75) is 0 Å². The van der Waals surface area contributed by atoms with Gasteiger partial charge in [0.1, 0.15) is 5.82 Å². The first-order chi connectivity index (χ1) is 8.49. The summed E-state index contributed by atoms with van der Waals surface area (Å²) in [4.78, 5) is 11.9. The van der Waals surface area contributed by atoms with E-state index in [-0.39, 0.29) is 21.5 Å². The van der Waals surface area contributed by atoms with Crippen LogP contribution in [0.5, 0.6) is 0 Å². The fraction of sp³-hybridized carbons (Fsp3) is 0. The second-order valence-electron chi connectivity index (χ2n) is 3.31. The lowest BCUT2D eigenvalue weighted by atomic mass is 10.2. The van der Waals surface area contributed by atoms with Crippen LogP contribution in [0.25, 0.3) is 0 Å². The van der Waals surface area contributed by atoms with E-state index in [1.165, 1.54) is 18.4 Å². The zero-order chi connectivity index (χ0) is 13.3. The largest absolute Gasteiger partial charge is 0.452 e. The Morgan fingerprint density at radius 3 is 2.67 bits per heavy atom. The molecule has 1 aromatic carbocycles. The van der Waals surface area contributed by atoms with Gasteiger partial charge in [-0.05, 0) is 45.7 Å². The van der Waals surface area contributed by atoms with Crippen molar-refractivity contribution in [3.05, 3.63) is 50.6 Å². The van der Waals surface area contributed by atoms with E-state index in [0.29, 0.717) is 4.47 Å². The Morgan fingerprint density at radius 2 is 2.11 bits per heavy atom. The molecule has 3 nitrogen and oxygen atoms in total. The number of anilines is 1. The van der Waals surface area contributed by atoms with Crippen LogP contribution in [0.4, 0.5) is 10.1 Å².